The van der Waals surface area contributed by atoms with Crippen molar-refractivity contribution in [3.8, 4) is 11.3 Å². The molecule has 20 heavy (non-hydrogen) atoms. The zero-order valence-corrected chi connectivity index (χ0v) is 12.0. The summed E-state index contributed by atoms with van der Waals surface area (Å²) in [6.45, 7) is 3.81. The summed E-state index contributed by atoms with van der Waals surface area (Å²) in [7, 11) is 0. The number of amides is 1. The molecule has 6 heteroatoms. The Kier molecular flexibility index (Phi) is 2.97. The van der Waals surface area contributed by atoms with Gasteiger partial charge in [0.15, 0.2) is 5.13 Å². The van der Waals surface area contributed by atoms with Crippen molar-refractivity contribution < 1.29 is 9.18 Å². The summed E-state index contributed by atoms with van der Waals surface area (Å²) in [6.07, 6.45) is 0.639. The van der Waals surface area contributed by atoms with Gasteiger partial charge in [-0.3, -0.25) is 4.79 Å². The quantitative estimate of drug-likeness (QED) is 0.892. The summed E-state index contributed by atoms with van der Waals surface area (Å²) in [6, 6.07) is 3.24. The maximum Gasteiger partial charge on any atom is 0.232 e. The molecule has 1 amide bonds. The van der Waals surface area contributed by atoms with Crippen molar-refractivity contribution in [3.63, 3.8) is 0 Å². The first-order valence-corrected chi connectivity index (χ1v) is 7.20. The topological polar surface area (TPSA) is 68.0 Å². The molecule has 104 valence electrons. The average molecular weight is 291 g/mol. The number of nitrogens with zero attached hydrogens (tertiary/aromatic N) is 1. The predicted octanol–water partition coefficient (Wildman–Crippen LogP) is 3.29. The van der Waals surface area contributed by atoms with Crippen LogP contribution in [0.25, 0.3) is 11.3 Å². The molecule has 2 aromatic rings. The minimum atomic E-state index is -0.423. The first-order valence-electron chi connectivity index (χ1n) is 6.38. The number of nitrogen functional groups attached to an aromatic ring is 1. The SMILES string of the molecule is CCC1C(=O)Nc2c(F)cc(-c3nc(N)sc3C)cc21. The number of benzene rings is 1. The van der Waals surface area contributed by atoms with Gasteiger partial charge in [-0.05, 0) is 31.0 Å². The van der Waals surface area contributed by atoms with Crippen LogP contribution in [-0.4, -0.2) is 10.9 Å². The molecule has 1 unspecified atom stereocenters. The standard InChI is InChI=1S/C14H14FN3OS/c1-3-8-9-4-7(11-6(2)20-14(16)18-11)5-10(15)12(9)17-13(8)19/h4-5,8H,3H2,1-2H3,(H2,16,18)(H,17,19). The van der Waals surface area contributed by atoms with Crippen molar-refractivity contribution >= 4 is 28.1 Å². The van der Waals surface area contributed by atoms with E-state index in [9.17, 15) is 9.18 Å². The monoisotopic (exact) mass is 291 g/mol. The highest BCUT2D eigenvalue weighted by Crippen LogP contribution is 2.40. The molecule has 4 nitrogen and oxygen atoms in total. The summed E-state index contributed by atoms with van der Waals surface area (Å²) < 4.78 is 14.2. The molecular formula is C14H14FN3OS. The maximum atomic E-state index is 14.2. The van der Waals surface area contributed by atoms with E-state index in [1.165, 1.54) is 17.4 Å². The number of carbonyl (C=O) groups excluding carboxylic acids is 1. The Bertz CT molecular complexity index is 711. The third-order valence-electron chi connectivity index (χ3n) is 3.56. The Hall–Kier alpha value is -1.95. The number of fused-ring (bicyclic) bond motifs is 1. The molecular weight excluding hydrogens is 277 g/mol. The number of rotatable bonds is 2. The zero-order chi connectivity index (χ0) is 14.4. The molecule has 0 saturated carbocycles. The van der Waals surface area contributed by atoms with E-state index in [0.29, 0.717) is 34.1 Å². The first-order chi connectivity index (χ1) is 9.51. The van der Waals surface area contributed by atoms with Crippen LogP contribution in [0.5, 0.6) is 0 Å². The van der Waals surface area contributed by atoms with E-state index in [-0.39, 0.29) is 11.8 Å². The van der Waals surface area contributed by atoms with Gasteiger partial charge < -0.3 is 11.1 Å². The van der Waals surface area contributed by atoms with Crippen LogP contribution in [0, 0.1) is 12.7 Å². The van der Waals surface area contributed by atoms with Crippen molar-refractivity contribution in [2.45, 2.75) is 26.2 Å². The normalized spacial score (nSPS) is 17.1. The largest absolute Gasteiger partial charge is 0.375 e. The lowest BCUT2D eigenvalue weighted by molar-refractivity contribution is -0.117. The molecule has 1 aromatic carbocycles. The Morgan fingerprint density at radius 3 is 2.85 bits per heavy atom. The van der Waals surface area contributed by atoms with Crippen molar-refractivity contribution in [1.82, 2.24) is 4.98 Å². The fraction of sp³-hybridized carbons (Fsp3) is 0.286. The molecule has 3 rings (SSSR count). The number of halogens is 1. The van der Waals surface area contributed by atoms with Gasteiger partial charge in [0.05, 0.1) is 17.3 Å². The molecule has 0 aliphatic carbocycles. The Labute approximate surface area is 119 Å². The highest BCUT2D eigenvalue weighted by molar-refractivity contribution is 7.15. The summed E-state index contributed by atoms with van der Waals surface area (Å²) >= 11 is 1.37. The van der Waals surface area contributed by atoms with E-state index in [1.807, 2.05) is 19.9 Å². The van der Waals surface area contributed by atoms with E-state index in [4.69, 9.17) is 5.73 Å². The van der Waals surface area contributed by atoms with Crippen molar-refractivity contribution in [2.24, 2.45) is 0 Å². The van der Waals surface area contributed by atoms with Gasteiger partial charge in [-0.1, -0.05) is 6.92 Å². The second-order valence-electron chi connectivity index (χ2n) is 4.83. The van der Waals surface area contributed by atoms with Gasteiger partial charge in [-0.15, -0.1) is 11.3 Å². The number of anilines is 2. The van der Waals surface area contributed by atoms with Gasteiger partial charge in [0.1, 0.15) is 5.82 Å². The molecule has 1 aromatic heterocycles. The zero-order valence-electron chi connectivity index (χ0n) is 11.2. The van der Waals surface area contributed by atoms with Crippen LogP contribution < -0.4 is 11.1 Å². The molecule has 1 aliphatic rings. The molecule has 3 N–H and O–H groups in total. The second kappa shape index (κ2) is 4.56. The van der Waals surface area contributed by atoms with Crippen LogP contribution in [-0.2, 0) is 4.79 Å². The third-order valence-corrected chi connectivity index (χ3v) is 4.36. The summed E-state index contributed by atoms with van der Waals surface area (Å²) in [5.41, 5.74) is 8.05. The number of nitrogens with two attached hydrogens (primary N) is 1. The number of hydrogen-bond donors (Lipinski definition) is 2. The summed E-state index contributed by atoms with van der Waals surface area (Å²) in [5.74, 6) is -0.864. The van der Waals surface area contributed by atoms with E-state index >= 15 is 0 Å². The molecule has 0 spiro atoms. The van der Waals surface area contributed by atoms with E-state index in [1.54, 1.807) is 0 Å². The molecule has 0 radical (unpaired) electrons. The van der Waals surface area contributed by atoms with Gasteiger partial charge >= 0.3 is 0 Å². The van der Waals surface area contributed by atoms with Crippen LogP contribution in [0.3, 0.4) is 0 Å². The fourth-order valence-corrected chi connectivity index (χ4v) is 3.32. The number of nitrogens with one attached hydrogen (secondary N) is 1. The Morgan fingerprint density at radius 1 is 1.50 bits per heavy atom. The van der Waals surface area contributed by atoms with Crippen LogP contribution >= 0.6 is 11.3 Å². The smallest absolute Gasteiger partial charge is 0.232 e. The summed E-state index contributed by atoms with van der Waals surface area (Å²) in [4.78, 5) is 17.0. The number of hydrogen-bond acceptors (Lipinski definition) is 4. The van der Waals surface area contributed by atoms with Crippen LogP contribution in [0.2, 0.25) is 0 Å². The molecule has 1 atom stereocenters. The average Bonchev–Trinajstić information content (AvgIpc) is 2.88. The number of aromatic nitrogens is 1. The van der Waals surface area contributed by atoms with Gasteiger partial charge in [0, 0.05) is 10.4 Å². The third kappa shape index (κ3) is 1.87. The van der Waals surface area contributed by atoms with Crippen LogP contribution in [0.4, 0.5) is 15.2 Å². The van der Waals surface area contributed by atoms with E-state index in [2.05, 4.69) is 10.3 Å². The van der Waals surface area contributed by atoms with Gasteiger partial charge in [-0.2, -0.15) is 0 Å². The highest BCUT2D eigenvalue weighted by Gasteiger charge is 2.32. The lowest BCUT2D eigenvalue weighted by atomic mass is 9.95. The molecule has 0 saturated heterocycles. The number of carbonyl (C=O) groups is 1. The van der Waals surface area contributed by atoms with Gasteiger partial charge in [0.2, 0.25) is 5.91 Å². The Balaban J connectivity index is 2.17. The van der Waals surface area contributed by atoms with Crippen molar-refractivity contribution in [2.75, 3.05) is 11.1 Å². The minimum Gasteiger partial charge on any atom is -0.375 e. The fourth-order valence-electron chi connectivity index (χ4n) is 2.61. The van der Waals surface area contributed by atoms with E-state index < -0.39 is 5.82 Å². The molecule has 0 bridgehead atoms. The second-order valence-corrected chi connectivity index (χ2v) is 6.06. The van der Waals surface area contributed by atoms with Crippen molar-refractivity contribution in [3.05, 3.63) is 28.4 Å². The number of aryl methyl sites for hydroxylation is 1. The highest BCUT2D eigenvalue weighted by atomic mass is 32.1. The lowest BCUT2D eigenvalue weighted by Gasteiger charge is -2.08. The molecule has 1 aliphatic heterocycles. The first kappa shape index (κ1) is 13.1. The maximum absolute atomic E-state index is 14.2. The van der Waals surface area contributed by atoms with Crippen molar-refractivity contribution in [1.29, 1.82) is 0 Å². The van der Waals surface area contributed by atoms with Gasteiger partial charge in [-0.25, -0.2) is 9.37 Å². The van der Waals surface area contributed by atoms with Crippen LogP contribution in [0.15, 0.2) is 12.1 Å². The van der Waals surface area contributed by atoms with Gasteiger partial charge in [0.25, 0.3) is 0 Å². The number of thiazole rings is 1. The van der Waals surface area contributed by atoms with Crippen LogP contribution in [0.1, 0.15) is 29.7 Å². The summed E-state index contributed by atoms with van der Waals surface area (Å²) in [5, 5.41) is 3.07. The minimum absolute atomic E-state index is 0.145. The lowest BCUT2D eigenvalue weighted by Crippen LogP contribution is -2.10. The van der Waals surface area contributed by atoms with E-state index in [0.717, 1.165) is 4.88 Å². The Morgan fingerprint density at radius 2 is 2.25 bits per heavy atom. The predicted molar refractivity (Wildman–Crippen MR) is 78.3 cm³/mol. The molecule has 0 fully saturated rings. The molecule has 2 heterocycles.